The standard InChI is InChI=1S/C15H17NO4/c1-10(17)11-5-6-13-12(8-11)9-14(18)16(13)7-3-2-4-15(19)20/h5-6,8H,2-4,7,9H2,1H3,(H,19,20). The van der Waals surface area contributed by atoms with Crippen LogP contribution in [0.5, 0.6) is 0 Å². The molecule has 1 N–H and O–H groups in total. The largest absolute Gasteiger partial charge is 0.481 e. The Bertz CT molecular complexity index is 565. The summed E-state index contributed by atoms with van der Waals surface area (Å²) in [5.74, 6) is -0.819. The molecule has 0 aliphatic carbocycles. The maximum atomic E-state index is 12.0. The number of rotatable bonds is 6. The number of hydrogen-bond donors (Lipinski definition) is 1. The number of aliphatic carboxylic acids is 1. The van der Waals surface area contributed by atoms with Crippen LogP contribution in [0.3, 0.4) is 0 Å². The average molecular weight is 275 g/mol. The molecule has 0 bridgehead atoms. The first-order valence-corrected chi connectivity index (χ1v) is 6.65. The van der Waals surface area contributed by atoms with Gasteiger partial charge in [-0.25, -0.2) is 0 Å². The minimum atomic E-state index is -0.816. The lowest BCUT2D eigenvalue weighted by molar-refractivity contribution is -0.137. The predicted octanol–water partition coefficient (Wildman–Crippen LogP) is 2.03. The fourth-order valence-electron chi connectivity index (χ4n) is 2.39. The number of ketones is 1. The Morgan fingerprint density at radius 2 is 2.05 bits per heavy atom. The monoisotopic (exact) mass is 275 g/mol. The number of unbranched alkanes of at least 4 members (excludes halogenated alkanes) is 1. The molecule has 1 aliphatic heterocycles. The van der Waals surface area contributed by atoms with Crippen molar-refractivity contribution in [1.82, 2.24) is 0 Å². The fraction of sp³-hybridized carbons (Fsp3) is 0.400. The minimum absolute atomic E-state index is 0.0102. The molecule has 0 saturated heterocycles. The van der Waals surface area contributed by atoms with Crippen LogP contribution < -0.4 is 4.90 Å². The SMILES string of the molecule is CC(=O)c1ccc2c(c1)CC(=O)N2CCCCC(=O)O. The summed E-state index contributed by atoms with van der Waals surface area (Å²) in [5.41, 5.74) is 2.33. The number of anilines is 1. The molecule has 2 rings (SSSR count). The summed E-state index contributed by atoms with van der Waals surface area (Å²) >= 11 is 0. The van der Waals surface area contributed by atoms with Crippen LogP contribution in [0.15, 0.2) is 18.2 Å². The van der Waals surface area contributed by atoms with Gasteiger partial charge in [-0.1, -0.05) is 0 Å². The van der Waals surface area contributed by atoms with Crippen LogP contribution in [0.1, 0.15) is 42.1 Å². The Labute approximate surface area is 117 Å². The Kier molecular flexibility index (Phi) is 4.17. The molecule has 0 fully saturated rings. The van der Waals surface area contributed by atoms with E-state index in [-0.39, 0.29) is 18.1 Å². The molecule has 5 nitrogen and oxygen atoms in total. The third-order valence-electron chi connectivity index (χ3n) is 3.44. The molecule has 20 heavy (non-hydrogen) atoms. The highest BCUT2D eigenvalue weighted by Gasteiger charge is 2.27. The van der Waals surface area contributed by atoms with E-state index in [0.29, 0.717) is 31.4 Å². The van der Waals surface area contributed by atoms with Crippen LogP contribution in [-0.2, 0) is 16.0 Å². The molecule has 106 valence electrons. The molecule has 0 unspecified atom stereocenters. The second-order valence-corrected chi connectivity index (χ2v) is 4.97. The van der Waals surface area contributed by atoms with E-state index in [0.717, 1.165) is 11.3 Å². The number of carboxylic acid groups (broad SMARTS) is 1. The highest BCUT2D eigenvalue weighted by molar-refractivity contribution is 6.03. The zero-order valence-electron chi connectivity index (χ0n) is 11.4. The molecule has 1 heterocycles. The van der Waals surface area contributed by atoms with Crippen molar-refractivity contribution in [1.29, 1.82) is 0 Å². The maximum Gasteiger partial charge on any atom is 0.303 e. The van der Waals surface area contributed by atoms with Crippen LogP contribution in [0.25, 0.3) is 0 Å². The number of carbonyl (C=O) groups excluding carboxylic acids is 2. The molecule has 0 spiro atoms. The molecule has 1 aromatic carbocycles. The number of hydrogen-bond acceptors (Lipinski definition) is 3. The number of Topliss-reactive ketones (excluding diaryl/α,β-unsaturated/α-hetero) is 1. The number of carboxylic acids is 1. The number of amides is 1. The number of nitrogens with zero attached hydrogens (tertiary/aromatic N) is 1. The lowest BCUT2D eigenvalue weighted by Crippen LogP contribution is -2.27. The molecular weight excluding hydrogens is 258 g/mol. The molecule has 0 aromatic heterocycles. The van der Waals surface area contributed by atoms with E-state index in [9.17, 15) is 14.4 Å². The van der Waals surface area contributed by atoms with Gasteiger partial charge in [0.25, 0.3) is 0 Å². The lowest BCUT2D eigenvalue weighted by Gasteiger charge is -2.17. The Morgan fingerprint density at radius 1 is 1.30 bits per heavy atom. The van der Waals surface area contributed by atoms with Crippen LogP contribution in [0.2, 0.25) is 0 Å². The van der Waals surface area contributed by atoms with Gasteiger partial charge in [-0.3, -0.25) is 14.4 Å². The van der Waals surface area contributed by atoms with Crippen molar-refractivity contribution in [3.05, 3.63) is 29.3 Å². The summed E-state index contributed by atoms with van der Waals surface area (Å²) < 4.78 is 0. The van der Waals surface area contributed by atoms with Crippen LogP contribution >= 0.6 is 0 Å². The predicted molar refractivity (Wildman–Crippen MR) is 74.0 cm³/mol. The maximum absolute atomic E-state index is 12.0. The van der Waals surface area contributed by atoms with Gasteiger partial charge in [0.05, 0.1) is 6.42 Å². The first-order chi connectivity index (χ1) is 9.49. The highest BCUT2D eigenvalue weighted by Crippen LogP contribution is 2.30. The van der Waals surface area contributed by atoms with Crippen molar-refractivity contribution in [2.75, 3.05) is 11.4 Å². The Morgan fingerprint density at radius 3 is 2.70 bits per heavy atom. The molecular formula is C15H17NO4. The smallest absolute Gasteiger partial charge is 0.303 e. The molecule has 1 aliphatic rings. The van der Waals surface area contributed by atoms with Crippen molar-refractivity contribution in [3.8, 4) is 0 Å². The van der Waals surface area contributed by atoms with Gasteiger partial charge in [-0.15, -0.1) is 0 Å². The highest BCUT2D eigenvalue weighted by atomic mass is 16.4. The Balaban J connectivity index is 2.05. The summed E-state index contributed by atoms with van der Waals surface area (Å²) in [6.07, 6.45) is 1.65. The van der Waals surface area contributed by atoms with E-state index in [4.69, 9.17) is 5.11 Å². The first kappa shape index (κ1) is 14.2. The van der Waals surface area contributed by atoms with E-state index in [1.807, 2.05) is 0 Å². The minimum Gasteiger partial charge on any atom is -0.481 e. The topological polar surface area (TPSA) is 74.7 Å². The molecule has 5 heteroatoms. The van der Waals surface area contributed by atoms with Crippen molar-refractivity contribution in [2.45, 2.75) is 32.6 Å². The number of benzene rings is 1. The van der Waals surface area contributed by atoms with E-state index >= 15 is 0 Å². The van der Waals surface area contributed by atoms with Crippen molar-refractivity contribution >= 4 is 23.3 Å². The Hall–Kier alpha value is -2.17. The van der Waals surface area contributed by atoms with Gasteiger partial charge >= 0.3 is 5.97 Å². The summed E-state index contributed by atoms with van der Waals surface area (Å²) in [7, 11) is 0. The van der Waals surface area contributed by atoms with Crippen molar-refractivity contribution in [3.63, 3.8) is 0 Å². The fourth-order valence-corrected chi connectivity index (χ4v) is 2.39. The molecule has 0 saturated carbocycles. The molecule has 1 amide bonds. The zero-order valence-corrected chi connectivity index (χ0v) is 11.4. The van der Waals surface area contributed by atoms with Crippen LogP contribution in [0.4, 0.5) is 5.69 Å². The summed E-state index contributed by atoms with van der Waals surface area (Å²) in [5, 5.41) is 8.59. The second-order valence-electron chi connectivity index (χ2n) is 4.97. The van der Waals surface area contributed by atoms with E-state index in [1.54, 1.807) is 23.1 Å². The van der Waals surface area contributed by atoms with Gasteiger partial charge in [-0.05, 0) is 43.5 Å². The van der Waals surface area contributed by atoms with Gasteiger partial charge in [0.15, 0.2) is 5.78 Å². The van der Waals surface area contributed by atoms with Crippen LogP contribution in [0, 0.1) is 0 Å². The molecule has 0 radical (unpaired) electrons. The quantitative estimate of drug-likeness (QED) is 0.636. The normalized spacial score (nSPS) is 13.4. The van der Waals surface area contributed by atoms with Crippen molar-refractivity contribution in [2.24, 2.45) is 0 Å². The van der Waals surface area contributed by atoms with Gasteiger partial charge < -0.3 is 10.0 Å². The number of carbonyl (C=O) groups is 3. The van der Waals surface area contributed by atoms with Gasteiger partial charge in [0.2, 0.25) is 5.91 Å². The van der Waals surface area contributed by atoms with Crippen molar-refractivity contribution < 1.29 is 19.5 Å². The molecule has 1 aromatic rings. The average Bonchev–Trinajstić information content (AvgIpc) is 2.69. The molecule has 0 atom stereocenters. The summed E-state index contributed by atoms with van der Waals surface area (Å²) in [6.45, 7) is 2.03. The van der Waals surface area contributed by atoms with Gasteiger partial charge in [0.1, 0.15) is 0 Å². The van der Waals surface area contributed by atoms with Gasteiger partial charge in [-0.2, -0.15) is 0 Å². The third-order valence-corrected chi connectivity index (χ3v) is 3.44. The van der Waals surface area contributed by atoms with Gasteiger partial charge in [0, 0.05) is 24.2 Å². The first-order valence-electron chi connectivity index (χ1n) is 6.65. The lowest BCUT2D eigenvalue weighted by atomic mass is 10.1. The number of fused-ring (bicyclic) bond motifs is 1. The van der Waals surface area contributed by atoms with E-state index in [1.165, 1.54) is 6.92 Å². The van der Waals surface area contributed by atoms with Crippen LogP contribution in [-0.4, -0.2) is 29.3 Å². The third kappa shape index (κ3) is 3.04. The summed E-state index contributed by atoms with van der Waals surface area (Å²) in [4.78, 5) is 35.4. The summed E-state index contributed by atoms with van der Waals surface area (Å²) in [6, 6.07) is 5.30. The van der Waals surface area contributed by atoms with E-state index < -0.39 is 5.97 Å². The second kappa shape index (κ2) is 5.86. The van der Waals surface area contributed by atoms with E-state index in [2.05, 4.69) is 0 Å². The zero-order chi connectivity index (χ0) is 14.7.